The standard InChI is InChI=1S/C19H20N2O5/c1-12(2)26-15-6-3-13(4-7-15)20-18(22)19(23)21-14-5-8-16-17(11-14)25-10-9-24-16/h3-8,11-12H,9-10H2,1-2H3,(H,20,22)(H,21,23). The minimum Gasteiger partial charge on any atom is -0.491 e. The Bertz CT molecular complexity index is 802. The number of fused-ring (bicyclic) bond motifs is 1. The molecule has 1 aliphatic rings. The molecule has 3 rings (SSSR count). The molecular weight excluding hydrogens is 336 g/mol. The molecule has 26 heavy (non-hydrogen) atoms. The highest BCUT2D eigenvalue weighted by Gasteiger charge is 2.17. The van der Waals surface area contributed by atoms with Crippen LogP contribution in [0.3, 0.4) is 0 Å². The van der Waals surface area contributed by atoms with Crippen molar-refractivity contribution in [2.24, 2.45) is 0 Å². The molecule has 2 aromatic carbocycles. The fourth-order valence-corrected chi connectivity index (χ4v) is 2.39. The van der Waals surface area contributed by atoms with Crippen molar-refractivity contribution in [2.75, 3.05) is 23.8 Å². The number of nitrogens with one attached hydrogen (secondary N) is 2. The van der Waals surface area contributed by atoms with Gasteiger partial charge in [0, 0.05) is 17.4 Å². The van der Waals surface area contributed by atoms with E-state index in [0.29, 0.717) is 41.8 Å². The van der Waals surface area contributed by atoms with E-state index >= 15 is 0 Å². The van der Waals surface area contributed by atoms with Gasteiger partial charge in [-0.2, -0.15) is 0 Å². The molecule has 0 bridgehead atoms. The van der Waals surface area contributed by atoms with Crippen molar-refractivity contribution in [3.8, 4) is 17.2 Å². The predicted octanol–water partition coefficient (Wildman–Crippen LogP) is 2.82. The summed E-state index contributed by atoms with van der Waals surface area (Å²) in [4.78, 5) is 24.1. The van der Waals surface area contributed by atoms with Gasteiger partial charge in [0.25, 0.3) is 0 Å². The fraction of sp³-hybridized carbons (Fsp3) is 0.263. The van der Waals surface area contributed by atoms with Gasteiger partial charge in [-0.1, -0.05) is 0 Å². The van der Waals surface area contributed by atoms with E-state index in [2.05, 4.69) is 10.6 Å². The number of ether oxygens (including phenoxy) is 3. The summed E-state index contributed by atoms with van der Waals surface area (Å²) in [6, 6.07) is 11.8. The minimum absolute atomic E-state index is 0.0622. The molecule has 1 aliphatic heterocycles. The Morgan fingerprint density at radius 1 is 0.885 bits per heavy atom. The van der Waals surface area contributed by atoms with Gasteiger partial charge in [0.15, 0.2) is 11.5 Å². The van der Waals surface area contributed by atoms with Crippen molar-refractivity contribution in [3.63, 3.8) is 0 Å². The first-order chi connectivity index (χ1) is 12.5. The topological polar surface area (TPSA) is 85.9 Å². The number of anilines is 2. The monoisotopic (exact) mass is 356 g/mol. The summed E-state index contributed by atoms with van der Waals surface area (Å²) in [5.74, 6) is 0.304. The third-order valence-corrected chi connectivity index (χ3v) is 3.49. The number of amides is 2. The van der Waals surface area contributed by atoms with E-state index < -0.39 is 11.8 Å². The molecule has 136 valence electrons. The van der Waals surface area contributed by atoms with Crippen LogP contribution in [0.15, 0.2) is 42.5 Å². The van der Waals surface area contributed by atoms with Gasteiger partial charge >= 0.3 is 11.8 Å². The normalized spacial score (nSPS) is 12.4. The molecule has 2 amide bonds. The summed E-state index contributed by atoms with van der Waals surface area (Å²) in [5.41, 5.74) is 0.957. The Balaban J connectivity index is 1.58. The molecule has 1 heterocycles. The van der Waals surface area contributed by atoms with Crippen molar-refractivity contribution in [1.29, 1.82) is 0 Å². The molecule has 0 spiro atoms. The Morgan fingerprint density at radius 3 is 2.12 bits per heavy atom. The lowest BCUT2D eigenvalue weighted by Gasteiger charge is -2.18. The maximum Gasteiger partial charge on any atom is 0.314 e. The highest BCUT2D eigenvalue weighted by molar-refractivity contribution is 6.43. The molecule has 0 aliphatic carbocycles. The number of hydrogen-bond donors (Lipinski definition) is 2. The third-order valence-electron chi connectivity index (χ3n) is 3.49. The number of carbonyl (C=O) groups excluding carboxylic acids is 2. The van der Waals surface area contributed by atoms with Gasteiger partial charge in [-0.15, -0.1) is 0 Å². The van der Waals surface area contributed by atoms with Crippen LogP contribution in [0.4, 0.5) is 11.4 Å². The molecular formula is C19H20N2O5. The van der Waals surface area contributed by atoms with E-state index in [1.54, 1.807) is 42.5 Å². The lowest BCUT2D eigenvalue weighted by molar-refractivity contribution is -0.133. The summed E-state index contributed by atoms with van der Waals surface area (Å²) in [6.07, 6.45) is 0.0622. The molecule has 0 fully saturated rings. The van der Waals surface area contributed by atoms with Crippen LogP contribution >= 0.6 is 0 Å². The Kier molecular flexibility index (Phi) is 5.26. The average Bonchev–Trinajstić information content (AvgIpc) is 2.62. The van der Waals surface area contributed by atoms with Crippen LogP contribution in [0.1, 0.15) is 13.8 Å². The Hall–Kier alpha value is -3.22. The fourth-order valence-electron chi connectivity index (χ4n) is 2.39. The number of benzene rings is 2. The summed E-state index contributed by atoms with van der Waals surface area (Å²) in [6.45, 7) is 4.79. The number of hydrogen-bond acceptors (Lipinski definition) is 5. The van der Waals surface area contributed by atoms with E-state index in [0.717, 1.165) is 0 Å². The summed E-state index contributed by atoms with van der Waals surface area (Å²) in [5, 5.41) is 5.08. The lowest BCUT2D eigenvalue weighted by Crippen LogP contribution is -2.29. The van der Waals surface area contributed by atoms with Crippen LogP contribution in [-0.4, -0.2) is 31.1 Å². The van der Waals surface area contributed by atoms with E-state index in [9.17, 15) is 9.59 Å². The Labute approximate surface area is 151 Å². The summed E-state index contributed by atoms with van der Waals surface area (Å²) >= 11 is 0. The second-order valence-electron chi connectivity index (χ2n) is 5.96. The van der Waals surface area contributed by atoms with Gasteiger partial charge in [-0.25, -0.2) is 0 Å². The van der Waals surface area contributed by atoms with Crippen LogP contribution in [0.2, 0.25) is 0 Å². The third kappa shape index (κ3) is 4.44. The maximum atomic E-state index is 12.1. The SMILES string of the molecule is CC(C)Oc1ccc(NC(=O)C(=O)Nc2ccc3c(c2)OCCO3)cc1. The second-order valence-corrected chi connectivity index (χ2v) is 5.96. The van der Waals surface area contributed by atoms with E-state index in [1.807, 2.05) is 13.8 Å². The second kappa shape index (κ2) is 7.77. The van der Waals surface area contributed by atoms with Gasteiger partial charge < -0.3 is 24.8 Å². The zero-order valence-corrected chi connectivity index (χ0v) is 14.6. The highest BCUT2D eigenvalue weighted by atomic mass is 16.6. The zero-order valence-electron chi connectivity index (χ0n) is 14.6. The molecule has 2 aromatic rings. The smallest absolute Gasteiger partial charge is 0.314 e. The van der Waals surface area contributed by atoms with Crippen molar-refractivity contribution >= 4 is 23.2 Å². The molecule has 2 N–H and O–H groups in total. The molecule has 7 nitrogen and oxygen atoms in total. The Morgan fingerprint density at radius 2 is 1.46 bits per heavy atom. The van der Waals surface area contributed by atoms with Crippen molar-refractivity contribution in [3.05, 3.63) is 42.5 Å². The van der Waals surface area contributed by atoms with Crippen LogP contribution < -0.4 is 24.8 Å². The van der Waals surface area contributed by atoms with Crippen LogP contribution in [0, 0.1) is 0 Å². The van der Waals surface area contributed by atoms with Gasteiger partial charge in [0.05, 0.1) is 6.10 Å². The first-order valence-corrected chi connectivity index (χ1v) is 8.30. The van der Waals surface area contributed by atoms with E-state index in [1.165, 1.54) is 0 Å². The predicted molar refractivity (Wildman–Crippen MR) is 96.9 cm³/mol. The summed E-state index contributed by atoms with van der Waals surface area (Å²) in [7, 11) is 0. The van der Waals surface area contributed by atoms with Gasteiger partial charge in [-0.05, 0) is 50.2 Å². The van der Waals surface area contributed by atoms with Crippen molar-refractivity contribution in [2.45, 2.75) is 20.0 Å². The van der Waals surface area contributed by atoms with Crippen LogP contribution in [0.25, 0.3) is 0 Å². The van der Waals surface area contributed by atoms with Gasteiger partial charge in [-0.3, -0.25) is 9.59 Å². The van der Waals surface area contributed by atoms with Crippen molar-refractivity contribution in [1.82, 2.24) is 0 Å². The van der Waals surface area contributed by atoms with Gasteiger partial charge in [0.2, 0.25) is 0 Å². The van der Waals surface area contributed by atoms with E-state index in [-0.39, 0.29) is 6.10 Å². The molecule has 7 heteroatoms. The first-order valence-electron chi connectivity index (χ1n) is 8.30. The molecule has 0 atom stereocenters. The minimum atomic E-state index is -0.774. The van der Waals surface area contributed by atoms with Crippen molar-refractivity contribution < 1.29 is 23.8 Å². The molecule has 0 aromatic heterocycles. The average molecular weight is 356 g/mol. The first kappa shape index (κ1) is 17.6. The van der Waals surface area contributed by atoms with Crippen LogP contribution in [0.5, 0.6) is 17.2 Å². The summed E-state index contributed by atoms with van der Waals surface area (Å²) < 4.78 is 16.4. The van der Waals surface area contributed by atoms with Crippen LogP contribution in [-0.2, 0) is 9.59 Å². The largest absolute Gasteiger partial charge is 0.491 e. The number of carbonyl (C=O) groups is 2. The lowest BCUT2D eigenvalue weighted by atomic mass is 10.2. The molecule has 0 saturated carbocycles. The molecule has 0 saturated heterocycles. The quantitative estimate of drug-likeness (QED) is 0.823. The number of rotatable bonds is 4. The van der Waals surface area contributed by atoms with Gasteiger partial charge in [0.1, 0.15) is 19.0 Å². The zero-order chi connectivity index (χ0) is 18.5. The maximum absolute atomic E-state index is 12.1. The molecule has 0 radical (unpaired) electrons. The highest BCUT2D eigenvalue weighted by Crippen LogP contribution is 2.32. The molecule has 0 unspecified atom stereocenters. The van der Waals surface area contributed by atoms with E-state index in [4.69, 9.17) is 14.2 Å².